The summed E-state index contributed by atoms with van der Waals surface area (Å²) in [5, 5.41) is 6.12. The van der Waals surface area contributed by atoms with Crippen molar-refractivity contribution in [2.24, 2.45) is 0 Å². The predicted octanol–water partition coefficient (Wildman–Crippen LogP) is 10.4. The van der Waals surface area contributed by atoms with Crippen molar-refractivity contribution < 1.29 is 0 Å². The minimum atomic E-state index is 0.683. The monoisotopic (exact) mass is 553 g/mol. The zero-order valence-corrected chi connectivity index (χ0v) is 23.3. The summed E-state index contributed by atoms with van der Waals surface area (Å²) in [6.07, 6.45) is 0. The minimum absolute atomic E-state index is 0.683. The molecule has 3 aromatic heterocycles. The molecule has 9 aromatic rings. The van der Waals surface area contributed by atoms with Crippen LogP contribution in [0, 0.1) is 0 Å². The molecular weight excluding hydrogens is 531 g/mol. The molecular formula is C38H23N3S. The molecule has 0 atom stereocenters. The van der Waals surface area contributed by atoms with Crippen LogP contribution in [0.25, 0.3) is 81.2 Å². The van der Waals surface area contributed by atoms with E-state index in [1.807, 2.05) is 23.5 Å². The molecule has 0 saturated carbocycles. The number of fused-ring (bicyclic) bond motifs is 8. The molecule has 0 aliphatic carbocycles. The summed E-state index contributed by atoms with van der Waals surface area (Å²) in [5.41, 5.74) is 7.56. The van der Waals surface area contributed by atoms with Gasteiger partial charge in [0.05, 0.1) is 22.2 Å². The van der Waals surface area contributed by atoms with E-state index >= 15 is 0 Å². The average molecular weight is 554 g/mol. The standard InChI is InChI=1S/C38H23N3S/c1-2-10-24(11-3-1)25-18-20-26(21-19-25)36-29-13-4-7-15-31(29)39-38(40-36)41-32-16-8-5-14-30(32)35-33(41)23-22-28-27-12-6-9-17-34(27)42-37(28)35/h1-23H. The lowest BCUT2D eigenvalue weighted by Gasteiger charge is -2.12. The summed E-state index contributed by atoms with van der Waals surface area (Å²) in [7, 11) is 0. The molecule has 0 aliphatic heterocycles. The molecule has 0 amide bonds. The van der Waals surface area contributed by atoms with Crippen molar-refractivity contribution in [2.45, 2.75) is 0 Å². The maximum Gasteiger partial charge on any atom is 0.235 e. The highest BCUT2D eigenvalue weighted by Crippen LogP contribution is 2.43. The Labute approximate surface area is 246 Å². The second kappa shape index (κ2) is 9.10. The van der Waals surface area contributed by atoms with Crippen LogP contribution >= 0.6 is 11.3 Å². The molecule has 3 nitrogen and oxygen atoms in total. The number of hydrogen-bond donors (Lipinski definition) is 0. The first-order valence-corrected chi connectivity index (χ1v) is 14.9. The lowest BCUT2D eigenvalue weighted by atomic mass is 10.0. The fourth-order valence-electron chi connectivity index (χ4n) is 6.29. The van der Waals surface area contributed by atoms with E-state index in [1.165, 1.54) is 42.1 Å². The van der Waals surface area contributed by atoms with Crippen molar-refractivity contribution >= 4 is 64.2 Å². The van der Waals surface area contributed by atoms with E-state index in [0.29, 0.717) is 5.95 Å². The number of nitrogens with zero attached hydrogens (tertiary/aromatic N) is 3. The maximum absolute atomic E-state index is 5.29. The molecule has 0 radical (unpaired) electrons. The van der Waals surface area contributed by atoms with Crippen molar-refractivity contribution in [3.63, 3.8) is 0 Å². The SMILES string of the molecule is c1ccc(-c2ccc(-c3nc(-n4c5ccccc5c5c6sc7ccccc7c6ccc54)nc4ccccc34)cc2)cc1. The molecule has 0 aliphatic rings. The number of aromatic nitrogens is 3. The second-order valence-corrected chi connectivity index (χ2v) is 11.7. The Morgan fingerprint density at radius 3 is 1.98 bits per heavy atom. The molecule has 0 N–H and O–H groups in total. The van der Waals surface area contributed by atoms with Crippen LogP contribution in [-0.4, -0.2) is 14.5 Å². The molecule has 0 fully saturated rings. The highest BCUT2D eigenvalue weighted by Gasteiger charge is 2.20. The zero-order valence-electron chi connectivity index (χ0n) is 22.5. The van der Waals surface area contributed by atoms with Gasteiger partial charge in [0.25, 0.3) is 0 Å². The van der Waals surface area contributed by atoms with E-state index in [0.717, 1.165) is 33.2 Å². The Kier molecular flexibility index (Phi) is 5.07. The van der Waals surface area contributed by atoms with Gasteiger partial charge in [-0.05, 0) is 35.4 Å². The van der Waals surface area contributed by atoms with Gasteiger partial charge in [-0.25, -0.2) is 9.97 Å². The van der Waals surface area contributed by atoms with Gasteiger partial charge in [0.2, 0.25) is 5.95 Å². The van der Waals surface area contributed by atoms with Gasteiger partial charge in [0.15, 0.2) is 0 Å². The van der Waals surface area contributed by atoms with Gasteiger partial charge in [-0.2, -0.15) is 0 Å². The molecule has 0 unspecified atom stereocenters. The number of benzene rings is 6. The molecule has 9 rings (SSSR count). The van der Waals surface area contributed by atoms with Crippen LogP contribution in [0.4, 0.5) is 0 Å². The molecule has 42 heavy (non-hydrogen) atoms. The third-order valence-electron chi connectivity index (χ3n) is 8.24. The third-order valence-corrected chi connectivity index (χ3v) is 9.44. The van der Waals surface area contributed by atoms with Crippen LogP contribution in [0.15, 0.2) is 140 Å². The first-order chi connectivity index (χ1) is 20.8. The number of rotatable bonds is 3. The number of thiophene rings is 1. The van der Waals surface area contributed by atoms with Crippen LogP contribution < -0.4 is 0 Å². The van der Waals surface area contributed by atoms with E-state index in [2.05, 4.69) is 132 Å². The number of para-hydroxylation sites is 2. The van der Waals surface area contributed by atoms with E-state index in [1.54, 1.807) is 0 Å². The lowest BCUT2D eigenvalue weighted by Crippen LogP contribution is -2.03. The largest absolute Gasteiger partial charge is 0.278 e. The van der Waals surface area contributed by atoms with Crippen LogP contribution in [0.1, 0.15) is 0 Å². The van der Waals surface area contributed by atoms with Crippen molar-refractivity contribution in [1.29, 1.82) is 0 Å². The Balaban J connectivity index is 1.32. The Hall–Kier alpha value is -5.32. The summed E-state index contributed by atoms with van der Waals surface area (Å²) in [4.78, 5) is 10.4. The summed E-state index contributed by atoms with van der Waals surface area (Å²) >= 11 is 1.86. The Morgan fingerprint density at radius 1 is 0.452 bits per heavy atom. The van der Waals surface area contributed by atoms with Gasteiger partial charge in [-0.15, -0.1) is 11.3 Å². The average Bonchev–Trinajstić information content (AvgIpc) is 3.60. The summed E-state index contributed by atoms with van der Waals surface area (Å²) in [6.45, 7) is 0. The number of hydrogen-bond acceptors (Lipinski definition) is 3. The van der Waals surface area contributed by atoms with Crippen molar-refractivity contribution in [1.82, 2.24) is 14.5 Å². The van der Waals surface area contributed by atoms with Gasteiger partial charge in [0.1, 0.15) is 0 Å². The molecule has 0 spiro atoms. The van der Waals surface area contributed by atoms with Crippen molar-refractivity contribution in [3.8, 4) is 28.3 Å². The topological polar surface area (TPSA) is 30.7 Å². The Morgan fingerprint density at radius 2 is 1.12 bits per heavy atom. The molecule has 4 heteroatoms. The van der Waals surface area contributed by atoms with Crippen molar-refractivity contribution in [3.05, 3.63) is 140 Å². The first kappa shape index (κ1) is 23.4. The summed E-state index contributed by atoms with van der Waals surface area (Å²) < 4.78 is 4.85. The first-order valence-electron chi connectivity index (χ1n) is 14.1. The second-order valence-electron chi connectivity index (χ2n) is 10.6. The van der Waals surface area contributed by atoms with Gasteiger partial charge in [-0.1, -0.05) is 115 Å². The molecule has 3 heterocycles. The van der Waals surface area contributed by atoms with Gasteiger partial charge in [0, 0.05) is 41.9 Å². The van der Waals surface area contributed by atoms with Crippen LogP contribution in [0.2, 0.25) is 0 Å². The van der Waals surface area contributed by atoms with Gasteiger partial charge < -0.3 is 0 Å². The molecule has 0 saturated heterocycles. The van der Waals surface area contributed by atoms with Crippen LogP contribution in [-0.2, 0) is 0 Å². The van der Waals surface area contributed by atoms with Gasteiger partial charge >= 0.3 is 0 Å². The predicted molar refractivity (Wildman–Crippen MR) is 178 cm³/mol. The normalized spacial score (nSPS) is 11.8. The maximum atomic E-state index is 5.29. The fourth-order valence-corrected chi connectivity index (χ4v) is 7.54. The quantitative estimate of drug-likeness (QED) is 0.218. The van der Waals surface area contributed by atoms with E-state index < -0.39 is 0 Å². The van der Waals surface area contributed by atoms with E-state index in [9.17, 15) is 0 Å². The smallest absolute Gasteiger partial charge is 0.235 e. The lowest BCUT2D eigenvalue weighted by molar-refractivity contribution is 1.01. The van der Waals surface area contributed by atoms with Crippen LogP contribution in [0.5, 0.6) is 0 Å². The third kappa shape index (κ3) is 3.46. The zero-order chi connectivity index (χ0) is 27.6. The fraction of sp³-hybridized carbons (Fsp3) is 0. The van der Waals surface area contributed by atoms with Crippen molar-refractivity contribution in [2.75, 3.05) is 0 Å². The highest BCUT2D eigenvalue weighted by molar-refractivity contribution is 7.26. The van der Waals surface area contributed by atoms with E-state index in [4.69, 9.17) is 9.97 Å². The molecule has 6 aromatic carbocycles. The van der Waals surface area contributed by atoms with E-state index in [-0.39, 0.29) is 0 Å². The highest BCUT2D eigenvalue weighted by atomic mass is 32.1. The molecule has 0 bridgehead atoms. The van der Waals surface area contributed by atoms with Gasteiger partial charge in [-0.3, -0.25) is 4.57 Å². The Bertz CT molecular complexity index is 2450. The van der Waals surface area contributed by atoms with Crippen LogP contribution in [0.3, 0.4) is 0 Å². The summed E-state index contributed by atoms with van der Waals surface area (Å²) in [6, 6.07) is 49.3. The minimum Gasteiger partial charge on any atom is -0.278 e. The molecule has 196 valence electrons. The summed E-state index contributed by atoms with van der Waals surface area (Å²) in [5.74, 6) is 0.683.